The fraction of sp³-hybridized carbons (Fsp3) is 0.417. The van der Waals surface area contributed by atoms with Gasteiger partial charge in [0.25, 0.3) is 0 Å². The number of halogens is 1. The predicted octanol–water partition coefficient (Wildman–Crippen LogP) is 1.75. The summed E-state index contributed by atoms with van der Waals surface area (Å²) in [6, 6.07) is 8.04. The van der Waals surface area contributed by atoms with Gasteiger partial charge in [-0.25, -0.2) is 4.68 Å². The Morgan fingerprint density at radius 3 is 2.79 bits per heavy atom. The second-order valence-electron chi connectivity index (χ2n) is 4.19. The van der Waals surface area contributed by atoms with Gasteiger partial charge in [-0.3, -0.25) is 0 Å². The molecule has 2 rings (SSSR count). The number of hydrogen-bond donors (Lipinski definition) is 1. The van der Waals surface area contributed by atoms with Crippen LogP contribution in [-0.4, -0.2) is 43.4 Å². The smallest absolute Gasteiger partial charge is 0.155 e. The maximum Gasteiger partial charge on any atom is 0.155 e. The van der Waals surface area contributed by atoms with Gasteiger partial charge >= 0.3 is 0 Å². The zero-order chi connectivity index (χ0) is 13.7. The van der Waals surface area contributed by atoms with Crippen LogP contribution in [0.5, 0.6) is 0 Å². The lowest BCUT2D eigenvalue weighted by atomic mass is 10.1. The van der Waals surface area contributed by atoms with Gasteiger partial charge in [0, 0.05) is 16.6 Å². The summed E-state index contributed by atoms with van der Waals surface area (Å²) in [5.74, 6) is 1.44. The van der Waals surface area contributed by atoms with Crippen LogP contribution in [0.1, 0.15) is 11.4 Å². The maximum atomic E-state index is 9.80. The summed E-state index contributed by atoms with van der Waals surface area (Å²) in [5.41, 5.74) is 1.14. The molecule has 1 unspecified atom stereocenters. The van der Waals surface area contributed by atoms with E-state index < -0.39 is 6.10 Å². The summed E-state index contributed by atoms with van der Waals surface area (Å²) in [5, 5.41) is 21.4. The van der Waals surface area contributed by atoms with E-state index >= 15 is 0 Å². The van der Waals surface area contributed by atoms with Crippen LogP contribution in [0.3, 0.4) is 0 Å². The second-order valence-corrected chi connectivity index (χ2v) is 6.02. The number of aliphatic hydroxyl groups excluding tert-OH is 1. The molecule has 0 saturated heterocycles. The van der Waals surface area contributed by atoms with Crippen LogP contribution in [0.15, 0.2) is 28.7 Å². The molecule has 1 heterocycles. The van der Waals surface area contributed by atoms with E-state index in [2.05, 4.69) is 31.5 Å². The summed E-state index contributed by atoms with van der Waals surface area (Å²) in [4.78, 5) is 0. The summed E-state index contributed by atoms with van der Waals surface area (Å²) in [7, 11) is 0. The fourth-order valence-electron chi connectivity index (χ4n) is 1.72. The van der Waals surface area contributed by atoms with Crippen LogP contribution in [0.25, 0.3) is 0 Å². The second kappa shape index (κ2) is 7.02. The Labute approximate surface area is 124 Å². The van der Waals surface area contributed by atoms with Crippen LogP contribution in [0.4, 0.5) is 0 Å². The number of tetrazole rings is 1. The Bertz CT molecular complexity index is 517. The fourth-order valence-corrected chi connectivity index (χ4v) is 2.48. The van der Waals surface area contributed by atoms with Gasteiger partial charge in [0.05, 0.1) is 12.6 Å². The molecule has 0 aliphatic rings. The van der Waals surface area contributed by atoms with Crippen molar-refractivity contribution in [1.29, 1.82) is 0 Å². The lowest BCUT2D eigenvalue weighted by Crippen LogP contribution is -2.21. The molecule has 0 radical (unpaired) electrons. The highest BCUT2D eigenvalue weighted by Gasteiger charge is 2.11. The van der Waals surface area contributed by atoms with Crippen molar-refractivity contribution in [2.45, 2.75) is 19.1 Å². The molecular weight excluding hydrogens is 328 g/mol. The van der Waals surface area contributed by atoms with Crippen LogP contribution < -0.4 is 0 Å². The van der Waals surface area contributed by atoms with E-state index in [-0.39, 0.29) is 0 Å². The Morgan fingerprint density at radius 2 is 2.11 bits per heavy atom. The van der Waals surface area contributed by atoms with Crippen molar-refractivity contribution in [3.63, 3.8) is 0 Å². The zero-order valence-electron chi connectivity index (χ0n) is 10.5. The highest BCUT2D eigenvalue weighted by Crippen LogP contribution is 2.13. The van der Waals surface area contributed by atoms with Gasteiger partial charge in [0.15, 0.2) is 5.82 Å². The highest BCUT2D eigenvalue weighted by atomic mass is 79.9. The van der Waals surface area contributed by atoms with Gasteiger partial charge < -0.3 is 5.11 Å². The van der Waals surface area contributed by atoms with Crippen molar-refractivity contribution in [2.24, 2.45) is 0 Å². The van der Waals surface area contributed by atoms with Crippen LogP contribution in [0.2, 0.25) is 0 Å². The van der Waals surface area contributed by atoms with E-state index in [1.807, 2.05) is 30.5 Å². The highest BCUT2D eigenvalue weighted by molar-refractivity contribution is 9.10. The molecule has 1 N–H and O–H groups in total. The molecule has 19 heavy (non-hydrogen) atoms. The van der Waals surface area contributed by atoms with Gasteiger partial charge in [-0.05, 0) is 34.4 Å². The van der Waals surface area contributed by atoms with E-state index in [1.54, 1.807) is 16.4 Å². The summed E-state index contributed by atoms with van der Waals surface area (Å²) >= 11 is 5.01. The van der Waals surface area contributed by atoms with E-state index in [1.165, 1.54) is 0 Å². The number of benzene rings is 1. The Hall–Kier alpha value is -0.920. The average Bonchev–Trinajstić information content (AvgIpc) is 2.80. The Kier molecular flexibility index (Phi) is 5.35. The van der Waals surface area contributed by atoms with Crippen molar-refractivity contribution in [3.05, 3.63) is 40.1 Å². The largest absolute Gasteiger partial charge is 0.390 e. The lowest BCUT2D eigenvalue weighted by molar-refractivity contribution is 0.170. The molecular formula is C12H15BrN4OS. The summed E-state index contributed by atoms with van der Waals surface area (Å²) < 4.78 is 2.72. The first-order valence-corrected chi connectivity index (χ1v) is 8.04. The molecule has 0 bridgehead atoms. The van der Waals surface area contributed by atoms with Gasteiger partial charge in [-0.2, -0.15) is 11.8 Å². The maximum absolute atomic E-state index is 9.80. The molecule has 0 spiro atoms. The Balaban J connectivity index is 2.05. The van der Waals surface area contributed by atoms with Crippen LogP contribution in [-0.2, 0) is 13.0 Å². The van der Waals surface area contributed by atoms with E-state index in [9.17, 15) is 5.11 Å². The SMILES string of the molecule is CSCC(O)Cn1nnnc1Cc1ccc(Br)cc1. The minimum atomic E-state index is -0.429. The monoisotopic (exact) mass is 342 g/mol. The number of thioether (sulfide) groups is 1. The zero-order valence-corrected chi connectivity index (χ0v) is 12.9. The van der Waals surface area contributed by atoms with E-state index in [4.69, 9.17) is 0 Å². The lowest BCUT2D eigenvalue weighted by Gasteiger charge is -2.10. The number of rotatable bonds is 6. The molecule has 1 aromatic heterocycles. The molecule has 0 aliphatic carbocycles. The third-order valence-electron chi connectivity index (χ3n) is 2.62. The molecule has 1 aromatic carbocycles. The van der Waals surface area contributed by atoms with E-state index in [0.717, 1.165) is 15.9 Å². The van der Waals surface area contributed by atoms with Gasteiger partial charge in [-0.15, -0.1) is 5.10 Å². The molecule has 2 aromatic rings. The van der Waals surface area contributed by atoms with Crippen molar-refractivity contribution >= 4 is 27.7 Å². The van der Waals surface area contributed by atoms with Gasteiger partial charge in [0.1, 0.15) is 0 Å². The average molecular weight is 343 g/mol. The summed E-state index contributed by atoms with van der Waals surface area (Å²) in [6.07, 6.45) is 2.19. The number of aliphatic hydroxyl groups is 1. The molecule has 0 aliphatic heterocycles. The number of hydrogen-bond acceptors (Lipinski definition) is 5. The molecule has 102 valence electrons. The minimum absolute atomic E-state index is 0.429. The van der Waals surface area contributed by atoms with Crippen molar-refractivity contribution in [3.8, 4) is 0 Å². The van der Waals surface area contributed by atoms with Crippen molar-refractivity contribution in [1.82, 2.24) is 20.2 Å². The summed E-state index contributed by atoms with van der Waals surface area (Å²) in [6.45, 7) is 0.430. The van der Waals surface area contributed by atoms with Crippen LogP contribution >= 0.6 is 27.7 Å². The minimum Gasteiger partial charge on any atom is -0.390 e. The molecule has 0 amide bonds. The third-order valence-corrected chi connectivity index (χ3v) is 3.87. The third kappa shape index (κ3) is 4.29. The number of nitrogens with zero attached hydrogens (tertiary/aromatic N) is 4. The molecule has 1 atom stereocenters. The van der Waals surface area contributed by atoms with Crippen molar-refractivity contribution in [2.75, 3.05) is 12.0 Å². The standard InChI is InChI=1S/C12H15BrN4OS/c1-19-8-11(18)7-17-12(14-15-16-17)6-9-2-4-10(13)5-3-9/h2-5,11,18H,6-8H2,1H3. The quantitative estimate of drug-likeness (QED) is 0.866. The molecule has 0 saturated carbocycles. The van der Waals surface area contributed by atoms with Crippen molar-refractivity contribution < 1.29 is 5.11 Å². The number of aromatic nitrogens is 4. The van der Waals surface area contributed by atoms with Crippen LogP contribution in [0, 0.1) is 0 Å². The normalized spacial score (nSPS) is 12.6. The van der Waals surface area contributed by atoms with Gasteiger partial charge in [-0.1, -0.05) is 28.1 Å². The first kappa shape index (κ1) is 14.5. The molecule has 5 nitrogen and oxygen atoms in total. The topological polar surface area (TPSA) is 63.8 Å². The van der Waals surface area contributed by atoms with Gasteiger partial charge in [0.2, 0.25) is 0 Å². The molecule has 0 fully saturated rings. The van der Waals surface area contributed by atoms with E-state index in [0.29, 0.717) is 18.7 Å². The molecule has 7 heteroatoms. The Morgan fingerprint density at radius 1 is 1.37 bits per heavy atom. The first-order chi connectivity index (χ1) is 9.19. The predicted molar refractivity (Wildman–Crippen MR) is 79.2 cm³/mol. The first-order valence-electron chi connectivity index (χ1n) is 5.85.